The molecule has 0 amide bonds. The fourth-order valence-corrected chi connectivity index (χ4v) is 5.82. The fraction of sp³-hybridized carbons (Fsp3) is 0.946. The van der Waals surface area contributed by atoms with Crippen molar-refractivity contribution in [3.63, 3.8) is 0 Å². The number of nitrogens with one attached hydrogen (secondary N) is 1. The number of alkyl halides is 1. The van der Waals surface area contributed by atoms with E-state index in [1.54, 1.807) is 41.5 Å². The number of nitrogens with two attached hydrogens (primary N) is 1. The Kier molecular flexibility index (Phi) is 50.9. The number of aliphatic hydroxyl groups is 2. The van der Waals surface area contributed by atoms with E-state index in [2.05, 4.69) is 49.2 Å². The Morgan fingerprint density at radius 3 is 1.74 bits per heavy atom. The lowest BCUT2D eigenvalue weighted by molar-refractivity contribution is -0.0293. The Morgan fingerprint density at radius 2 is 1.35 bits per heavy atom. The van der Waals surface area contributed by atoms with Crippen LogP contribution in [0.15, 0.2) is 0 Å². The zero-order valence-electron chi connectivity index (χ0n) is 33.1. The molecule has 11 nitrogen and oxygen atoms in total. The Morgan fingerprint density at radius 1 is 0.870 bits per heavy atom. The van der Waals surface area contributed by atoms with Crippen molar-refractivity contribution in [2.75, 3.05) is 84.8 Å². The van der Waals surface area contributed by atoms with Crippen LogP contribution in [-0.4, -0.2) is 143 Å². The van der Waals surface area contributed by atoms with Gasteiger partial charge >= 0.3 is 12.3 Å². The Balaban J connectivity index is -0.000000180. The standard InChI is InChI=1S/C10H18O5.2C6H12OS.C5H11NOS.C3H5ClO.C3H8S.C2H7NS.2CH4/c1-9(2,3)14-7(11)13-8(12)15-10(4,5)6;1-2-3-8-5-6-4-7-6;7-6-3-1-2-4-8-5-6;7-5-3-6-1-2-8-4-5;4-1-3-2-5-3;1-2-3-4;3-1-2-4;;/h1-6H3;6H,2-5H2,1H3;6-7H,1-5H2;5-7H,1-4H2;3H,1-2H2;4H,2-3H2,1H3;4H,1-3H2;2*1H4. The van der Waals surface area contributed by atoms with Gasteiger partial charge in [0.2, 0.25) is 0 Å². The second-order valence-corrected chi connectivity index (χ2v) is 18.2. The molecule has 4 saturated heterocycles. The summed E-state index contributed by atoms with van der Waals surface area (Å²) in [5, 5.41) is 21.2. The van der Waals surface area contributed by atoms with Crippen LogP contribution in [0.4, 0.5) is 9.59 Å². The van der Waals surface area contributed by atoms with E-state index in [1.165, 1.54) is 42.9 Å². The molecule has 0 aliphatic carbocycles. The van der Waals surface area contributed by atoms with Crippen LogP contribution in [-0.2, 0) is 23.7 Å². The van der Waals surface area contributed by atoms with Gasteiger partial charge in [-0.25, -0.2) is 9.59 Å². The first kappa shape index (κ1) is 63.7. The predicted octanol–water partition coefficient (Wildman–Crippen LogP) is 8.45. The van der Waals surface area contributed by atoms with Gasteiger partial charge in [0.1, 0.15) is 11.2 Å². The van der Waals surface area contributed by atoms with Crippen molar-refractivity contribution in [3.05, 3.63) is 0 Å². The van der Waals surface area contributed by atoms with E-state index in [9.17, 15) is 9.59 Å². The molecule has 5 N–H and O–H groups in total. The van der Waals surface area contributed by atoms with Gasteiger partial charge in [-0.1, -0.05) is 35.1 Å². The van der Waals surface area contributed by atoms with Crippen LogP contribution in [0.3, 0.4) is 0 Å². The summed E-state index contributed by atoms with van der Waals surface area (Å²) in [6.07, 6.45) is 4.77. The van der Waals surface area contributed by atoms with E-state index >= 15 is 0 Å². The second-order valence-electron chi connectivity index (χ2n) is 13.6. The predicted molar refractivity (Wildman–Crippen MR) is 245 cm³/mol. The summed E-state index contributed by atoms with van der Waals surface area (Å²) in [5.74, 6) is 9.22. The van der Waals surface area contributed by atoms with Gasteiger partial charge in [0.15, 0.2) is 0 Å². The van der Waals surface area contributed by atoms with Gasteiger partial charge in [-0.3, -0.25) is 0 Å². The van der Waals surface area contributed by atoms with Crippen LogP contribution in [0.25, 0.3) is 0 Å². The first-order chi connectivity index (χ1) is 24.5. The van der Waals surface area contributed by atoms with E-state index < -0.39 is 23.5 Å². The topological polar surface area (TPSA) is 165 Å². The number of epoxide rings is 2. The molecule has 54 heavy (non-hydrogen) atoms. The molecule has 17 heteroatoms. The third-order valence-corrected chi connectivity index (χ3v) is 10.1. The Labute approximate surface area is 359 Å². The van der Waals surface area contributed by atoms with Gasteiger partial charge < -0.3 is 44.9 Å². The highest BCUT2D eigenvalue weighted by Gasteiger charge is 2.24. The highest BCUT2D eigenvalue weighted by Crippen LogP contribution is 2.17. The van der Waals surface area contributed by atoms with Gasteiger partial charge in [-0.05, 0) is 84.5 Å². The highest BCUT2D eigenvalue weighted by atomic mass is 35.5. The maximum atomic E-state index is 11.0. The maximum Gasteiger partial charge on any atom is 0.519 e. The van der Waals surface area contributed by atoms with Gasteiger partial charge in [-0.2, -0.15) is 60.5 Å². The molecule has 330 valence electrons. The van der Waals surface area contributed by atoms with Gasteiger partial charge in [0, 0.05) is 48.4 Å². The molecule has 0 bridgehead atoms. The van der Waals surface area contributed by atoms with E-state index in [4.69, 9.17) is 46.5 Å². The number of halogens is 1. The van der Waals surface area contributed by atoms with Crippen LogP contribution in [0.1, 0.15) is 102 Å². The van der Waals surface area contributed by atoms with Gasteiger partial charge in [-0.15, -0.1) is 11.6 Å². The smallest absolute Gasteiger partial charge is 0.428 e. The van der Waals surface area contributed by atoms with Crippen molar-refractivity contribution in [1.82, 2.24) is 5.32 Å². The molecule has 0 saturated carbocycles. The van der Waals surface area contributed by atoms with Crippen molar-refractivity contribution < 1.29 is 43.5 Å². The van der Waals surface area contributed by atoms with Crippen LogP contribution in [0, 0.1) is 0 Å². The molecular formula is C37H81ClN2O9S5. The third kappa shape index (κ3) is 61.8. The van der Waals surface area contributed by atoms with Crippen molar-refractivity contribution in [2.45, 2.75) is 138 Å². The number of carbonyl (C=O) groups is 2. The van der Waals surface area contributed by atoms with E-state index in [0.717, 1.165) is 61.5 Å². The molecule has 0 aromatic heterocycles. The summed E-state index contributed by atoms with van der Waals surface area (Å²) in [7, 11) is 0. The molecule has 0 aromatic rings. The summed E-state index contributed by atoms with van der Waals surface area (Å²) in [4.78, 5) is 22.0. The summed E-state index contributed by atoms with van der Waals surface area (Å²) < 4.78 is 23.6. The SMILES string of the molecule is C.C.CC(C)(C)OC(=O)OC(=O)OC(C)(C)C.CCCS.CCCSCC1CO1.ClCC1CO1.NCCS.OC1CCCCSC1.OC1CNCCSC1. The second kappa shape index (κ2) is 43.1. The van der Waals surface area contributed by atoms with Crippen molar-refractivity contribution in [1.29, 1.82) is 0 Å². The Bertz CT molecular complexity index is 741. The number of thiol groups is 2. The molecule has 4 atom stereocenters. The van der Waals surface area contributed by atoms with E-state index in [-0.39, 0.29) is 27.1 Å². The first-order valence-corrected chi connectivity index (χ1v) is 23.4. The van der Waals surface area contributed by atoms with Gasteiger partial charge in [0.05, 0.1) is 43.5 Å². The van der Waals surface area contributed by atoms with Crippen LogP contribution >= 0.6 is 72.1 Å². The number of rotatable bonds is 7. The number of aliphatic hydroxyl groups excluding tert-OH is 2. The molecule has 0 spiro atoms. The van der Waals surface area contributed by atoms with Gasteiger partial charge in [0.25, 0.3) is 0 Å². The largest absolute Gasteiger partial charge is 0.519 e. The molecule has 0 radical (unpaired) electrons. The number of thioether (sulfide) groups is 3. The molecular weight excluding hydrogens is 812 g/mol. The summed E-state index contributed by atoms with van der Waals surface area (Å²) in [5.41, 5.74) is 3.56. The number of carbonyl (C=O) groups excluding carboxylic acids is 2. The molecule has 4 aliphatic heterocycles. The number of hydrogen-bond acceptors (Lipinski definition) is 16. The number of hydrogen-bond donors (Lipinski definition) is 6. The van der Waals surface area contributed by atoms with Crippen molar-refractivity contribution >= 4 is 84.5 Å². The monoisotopic (exact) mass is 892 g/mol. The summed E-state index contributed by atoms with van der Waals surface area (Å²) in [6, 6.07) is 0. The van der Waals surface area contributed by atoms with E-state index in [0.29, 0.717) is 24.6 Å². The Hall–Kier alpha value is 0.540. The molecule has 4 heterocycles. The molecule has 4 aliphatic rings. The lowest BCUT2D eigenvalue weighted by Gasteiger charge is -2.20. The zero-order chi connectivity index (χ0) is 40.3. The van der Waals surface area contributed by atoms with Crippen LogP contribution in [0.5, 0.6) is 0 Å². The zero-order valence-corrected chi connectivity index (χ0v) is 38.1. The van der Waals surface area contributed by atoms with Crippen LogP contribution < -0.4 is 11.1 Å². The van der Waals surface area contributed by atoms with Crippen molar-refractivity contribution in [2.24, 2.45) is 5.73 Å². The normalized spacial score (nSPS) is 20.9. The fourth-order valence-electron chi connectivity index (χ4n) is 2.87. The van der Waals surface area contributed by atoms with E-state index in [1.807, 2.05) is 35.3 Å². The highest BCUT2D eigenvalue weighted by molar-refractivity contribution is 7.99. The minimum atomic E-state index is -1.06. The average molecular weight is 894 g/mol. The lowest BCUT2D eigenvalue weighted by Crippen LogP contribution is -2.29. The molecule has 0 aromatic carbocycles. The summed E-state index contributed by atoms with van der Waals surface area (Å²) >= 11 is 18.7. The maximum absolute atomic E-state index is 11.0. The third-order valence-electron chi connectivity index (χ3n) is 5.43. The number of ether oxygens (including phenoxy) is 5. The number of β-amino-alcohol motifs (C(OH)–C–C–N with tert-alkyl or cyclic N) is 1. The minimum absolute atomic E-state index is 0. The summed E-state index contributed by atoms with van der Waals surface area (Å²) in [6.45, 7) is 18.7. The quantitative estimate of drug-likeness (QED) is 0.0360. The lowest BCUT2D eigenvalue weighted by atomic mass is 10.2. The van der Waals surface area contributed by atoms with Crippen LogP contribution in [0.2, 0.25) is 0 Å². The molecule has 4 fully saturated rings. The van der Waals surface area contributed by atoms with Crippen molar-refractivity contribution in [3.8, 4) is 0 Å². The average Bonchev–Trinajstić information content (AvgIpc) is 3.95. The first-order valence-electron chi connectivity index (χ1n) is 18.1. The minimum Gasteiger partial charge on any atom is -0.428 e. The molecule has 4 unspecified atom stereocenters. The molecule has 4 rings (SSSR count).